The summed E-state index contributed by atoms with van der Waals surface area (Å²) in [5.74, 6) is -1.46. The minimum absolute atomic E-state index is 0.514. The first-order valence-electron chi connectivity index (χ1n) is 8.41. The zero-order valence-electron chi connectivity index (χ0n) is 16.4. The van der Waals surface area contributed by atoms with Crippen molar-refractivity contribution >= 4 is 17.9 Å². The lowest BCUT2D eigenvalue weighted by Crippen LogP contribution is -2.64. The lowest BCUT2D eigenvalue weighted by Gasteiger charge is -2.37. The molecule has 0 fully saturated rings. The fourth-order valence-corrected chi connectivity index (χ4v) is 2.46. The molecule has 0 aromatic heterocycles. The summed E-state index contributed by atoms with van der Waals surface area (Å²) in [5.41, 5.74) is 9.09. The monoisotopic (exact) mass is 364 g/mol. The summed E-state index contributed by atoms with van der Waals surface area (Å²) in [6, 6.07) is 7.03. The Bertz CT molecular complexity index is 708. The number of nitrogens with two attached hydrogens (primary N) is 1. The van der Waals surface area contributed by atoms with Gasteiger partial charge >= 0.3 is 12.2 Å². The Morgan fingerprint density at radius 1 is 1.08 bits per heavy atom. The van der Waals surface area contributed by atoms with E-state index in [-0.39, 0.29) is 0 Å². The molecule has 1 heterocycles. The SMILES string of the molecule is CN(C(=O)OC(C)(C)C)C1(N)NN(C(=O)OC(C)(C)C)c2ccccc21. The number of nitrogens with one attached hydrogen (secondary N) is 1. The molecule has 0 saturated heterocycles. The number of amides is 2. The third kappa shape index (κ3) is 4.08. The maximum atomic E-state index is 12.6. The summed E-state index contributed by atoms with van der Waals surface area (Å²) < 4.78 is 10.8. The smallest absolute Gasteiger partial charge is 0.429 e. The van der Waals surface area contributed by atoms with E-state index in [9.17, 15) is 9.59 Å². The predicted octanol–water partition coefficient (Wildman–Crippen LogP) is 2.88. The molecule has 0 spiro atoms. The molecule has 8 nitrogen and oxygen atoms in total. The Morgan fingerprint density at radius 2 is 1.62 bits per heavy atom. The second-order valence-electron chi connectivity index (χ2n) is 8.25. The van der Waals surface area contributed by atoms with Gasteiger partial charge in [0.25, 0.3) is 0 Å². The first kappa shape index (κ1) is 20.0. The van der Waals surface area contributed by atoms with Gasteiger partial charge < -0.3 is 9.47 Å². The highest BCUT2D eigenvalue weighted by Gasteiger charge is 2.48. The number of anilines is 1. The molecule has 1 unspecified atom stereocenters. The summed E-state index contributed by atoms with van der Waals surface area (Å²) in [7, 11) is 1.51. The van der Waals surface area contributed by atoms with Crippen molar-refractivity contribution in [1.29, 1.82) is 0 Å². The fourth-order valence-electron chi connectivity index (χ4n) is 2.46. The highest BCUT2D eigenvalue weighted by molar-refractivity contribution is 5.90. The van der Waals surface area contributed by atoms with Gasteiger partial charge in [0.05, 0.1) is 5.69 Å². The Kier molecular flexibility index (Phi) is 4.95. The molecule has 1 atom stereocenters. The van der Waals surface area contributed by atoms with Gasteiger partial charge in [0.2, 0.25) is 0 Å². The molecule has 1 aromatic carbocycles. The van der Waals surface area contributed by atoms with E-state index in [0.717, 1.165) is 0 Å². The Hall–Kier alpha value is -2.32. The molecule has 1 aliphatic heterocycles. The Labute approximate surface area is 154 Å². The van der Waals surface area contributed by atoms with Crippen molar-refractivity contribution in [1.82, 2.24) is 10.3 Å². The van der Waals surface area contributed by atoms with Crippen LogP contribution in [0.5, 0.6) is 0 Å². The van der Waals surface area contributed by atoms with Gasteiger partial charge in [0.15, 0.2) is 5.79 Å². The maximum absolute atomic E-state index is 12.6. The number of ether oxygens (including phenoxy) is 2. The van der Waals surface area contributed by atoms with Gasteiger partial charge in [-0.1, -0.05) is 18.2 Å². The summed E-state index contributed by atoms with van der Waals surface area (Å²) in [5, 5.41) is 1.21. The normalized spacial score (nSPS) is 19.8. The molecule has 0 radical (unpaired) electrons. The molecule has 2 rings (SSSR count). The average Bonchev–Trinajstić information content (AvgIpc) is 2.78. The van der Waals surface area contributed by atoms with Crippen molar-refractivity contribution in [2.75, 3.05) is 12.1 Å². The number of para-hydroxylation sites is 1. The predicted molar refractivity (Wildman–Crippen MR) is 98.2 cm³/mol. The van der Waals surface area contributed by atoms with Crippen LogP contribution < -0.4 is 16.2 Å². The lowest BCUT2D eigenvalue weighted by atomic mass is 10.1. The molecule has 8 heteroatoms. The van der Waals surface area contributed by atoms with E-state index in [1.807, 2.05) is 0 Å². The summed E-state index contributed by atoms with van der Waals surface area (Å²) in [6.45, 7) is 10.6. The summed E-state index contributed by atoms with van der Waals surface area (Å²) in [4.78, 5) is 26.3. The van der Waals surface area contributed by atoms with Crippen molar-refractivity contribution in [2.45, 2.75) is 58.5 Å². The number of carbonyl (C=O) groups excluding carboxylic acids is 2. The molecule has 3 N–H and O–H groups in total. The number of carbonyl (C=O) groups is 2. The van der Waals surface area contributed by atoms with Crippen LogP contribution >= 0.6 is 0 Å². The van der Waals surface area contributed by atoms with Crippen LogP contribution in [0, 0.1) is 0 Å². The highest BCUT2D eigenvalue weighted by Crippen LogP contribution is 2.36. The average molecular weight is 364 g/mol. The van der Waals surface area contributed by atoms with Crippen LogP contribution in [-0.2, 0) is 15.3 Å². The van der Waals surface area contributed by atoms with Gasteiger partial charge in [0.1, 0.15) is 11.2 Å². The van der Waals surface area contributed by atoms with E-state index >= 15 is 0 Å². The number of nitrogens with zero attached hydrogens (tertiary/aromatic N) is 2. The second kappa shape index (κ2) is 6.44. The number of benzene rings is 1. The zero-order valence-corrected chi connectivity index (χ0v) is 16.4. The highest BCUT2D eigenvalue weighted by atomic mass is 16.6. The van der Waals surface area contributed by atoms with Crippen LogP contribution in [0.1, 0.15) is 47.1 Å². The van der Waals surface area contributed by atoms with E-state index in [2.05, 4.69) is 5.43 Å². The van der Waals surface area contributed by atoms with Gasteiger partial charge in [-0.25, -0.2) is 14.6 Å². The van der Waals surface area contributed by atoms with Crippen molar-refractivity contribution < 1.29 is 19.1 Å². The van der Waals surface area contributed by atoms with Crippen LogP contribution in [0.3, 0.4) is 0 Å². The molecule has 2 amide bonds. The number of fused-ring (bicyclic) bond motifs is 1. The second-order valence-corrected chi connectivity index (χ2v) is 8.25. The fraction of sp³-hybridized carbons (Fsp3) is 0.556. The van der Waals surface area contributed by atoms with Gasteiger partial charge in [-0.2, -0.15) is 5.43 Å². The molecule has 1 aromatic rings. The maximum Gasteiger partial charge on any atom is 0.429 e. The van der Waals surface area contributed by atoms with Crippen LogP contribution in [0.25, 0.3) is 0 Å². The molecule has 26 heavy (non-hydrogen) atoms. The molecule has 0 aliphatic carbocycles. The Morgan fingerprint density at radius 3 is 2.15 bits per heavy atom. The van der Waals surface area contributed by atoms with Crippen LogP contribution in [-0.4, -0.2) is 35.3 Å². The molecular weight excluding hydrogens is 336 g/mol. The molecule has 0 bridgehead atoms. The van der Waals surface area contributed by atoms with Crippen molar-refractivity contribution in [3.8, 4) is 0 Å². The van der Waals surface area contributed by atoms with Gasteiger partial charge in [-0.05, 0) is 47.6 Å². The van der Waals surface area contributed by atoms with Gasteiger partial charge in [-0.15, -0.1) is 0 Å². The lowest BCUT2D eigenvalue weighted by molar-refractivity contribution is -0.00296. The summed E-state index contributed by atoms with van der Waals surface area (Å²) in [6.07, 6.45) is -1.23. The van der Waals surface area contributed by atoms with E-state index in [1.165, 1.54) is 17.0 Å². The van der Waals surface area contributed by atoms with Crippen molar-refractivity contribution in [3.05, 3.63) is 29.8 Å². The Balaban J connectivity index is 2.36. The quantitative estimate of drug-likeness (QED) is 0.744. The van der Waals surface area contributed by atoms with E-state index in [4.69, 9.17) is 15.2 Å². The summed E-state index contributed by atoms with van der Waals surface area (Å²) >= 11 is 0. The van der Waals surface area contributed by atoms with Crippen LogP contribution in [0.2, 0.25) is 0 Å². The number of rotatable bonds is 1. The molecule has 0 saturated carbocycles. The third-order valence-electron chi connectivity index (χ3n) is 3.61. The largest absolute Gasteiger partial charge is 0.444 e. The number of hydrogen-bond donors (Lipinski definition) is 2. The van der Waals surface area contributed by atoms with E-state index < -0.39 is 29.2 Å². The molecule has 1 aliphatic rings. The van der Waals surface area contributed by atoms with E-state index in [0.29, 0.717) is 11.3 Å². The first-order chi connectivity index (χ1) is 11.7. The van der Waals surface area contributed by atoms with E-state index in [1.54, 1.807) is 65.8 Å². The minimum Gasteiger partial charge on any atom is -0.444 e. The zero-order chi connectivity index (χ0) is 19.9. The van der Waals surface area contributed by atoms with Gasteiger partial charge in [0, 0.05) is 12.6 Å². The third-order valence-corrected chi connectivity index (χ3v) is 3.61. The van der Waals surface area contributed by atoms with Crippen molar-refractivity contribution in [2.24, 2.45) is 5.73 Å². The number of hydrazine groups is 1. The number of hydrogen-bond acceptors (Lipinski definition) is 6. The standard InChI is InChI=1S/C18H28N4O4/c1-16(2,3)25-14(23)21(7)18(19)12-10-8-9-11-13(12)22(20-18)15(24)26-17(4,5)6/h8-11,20H,19H2,1-7H3. The van der Waals surface area contributed by atoms with Crippen LogP contribution in [0.15, 0.2) is 24.3 Å². The minimum atomic E-state index is -1.46. The first-order valence-corrected chi connectivity index (χ1v) is 8.41. The van der Waals surface area contributed by atoms with Gasteiger partial charge in [-0.3, -0.25) is 10.6 Å². The molecule has 144 valence electrons. The van der Waals surface area contributed by atoms with Crippen LogP contribution in [0.4, 0.5) is 15.3 Å². The topological polar surface area (TPSA) is 97.1 Å². The van der Waals surface area contributed by atoms with Crippen molar-refractivity contribution in [3.63, 3.8) is 0 Å². The molecular formula is C18H28N4O4.